The Morgan fingerprint density at radius 3 is 2.33 bits per heavy atom. The molecule has 2 aromatic carbocycles. The van der Waals surface area contributed by atoms with Crippen molar-refractivity contribution >= 4 is 41.0 Å². The van der Waals surface area contributed by atoms with E-state index in [1.807, 2.05) is 49.4 Å². The third-order valence-electron chi connectivity index (χ3n) is 8.34. The molecule has 6 nitrogen and oxygen atoms in total. The lowest BCUT2D eigenvalue weighted by atomic mass is 9.82. The summed E-state index contributed by atoms with van der Waals surface area (Å²) >= 11 is 13.1. The van der Waals surface area contributed by atoms with Gasteiger partial charge in [-0.1, -0.05) is 68.2 Å². The van der Waals surface area contributed by atoms with Crippen molar-refractivity contribution in [2.45, 2.75) is 58.3 Å². The number of benzene rings is 2. The van der Waals surface area contributed by atoms with E-state index in [0.29, 0.717) is 55.4 Å². The molecule has 0 saturated carbocycles. The van der Waals surface area contributed by atoms with Gasteiger partial charge in [0.05, 0.1) is 18.4 Å². The first kappa shape index (κ1) is 29.4. The number of amides is 2. The van der Waals surface area contributed by atoms with Gasteiger partial charge in [0.2, 0.25) is 11.8 Å². The number of piperidine rings is 1. The summed E-state index contributed by atoms with van der Waals surface area (Å²) in [6.45, 7) is 7.41. The fourth-order valence-corrected chi connectivity index (χ4v) is 6.76. The highest BCUT2D eigenvalue weighted by atomic mass is 35.5. The van der Waals surface area contributed by atoms with Crippen LogP contribution in [0.1, 0.15) is 75.0 Å². The number of nitrogens with zero attached hydrogens (tertiary/aromatic N) is 2. The number of carbonyl (C=O) groups excluding carboxylic acids is 2. The molecule has 210 valence electrons. The van der Waals surface area contributed by atoms with Gasteiger partial charge in [0, 0.05) is 35.6 Å². The van der Waals surface area contributed by atoms with Gasteiger partial charge in [-0.05, 0) is 72.4 Å². The second-order valence-corrected chi connectivity index (χ2v) is 12.2. The molecule has 2 aromatic rings. The molecule has 39 heavy (non-hydrogen) atoms. The second kappa shape index (κ2) is 12.7. The minimum atomic E-state index is -0.765. The Bertz CT molecular complexity index is 1210. The van der Waals surface area contributed by atoms with Crippen molar-refractivity contribution in [1.82, 2.24) is 9.80 Å². The fraction of sp³-hybridized carbons (Fsp3) is 0.516. The maximum Gasteiger partial charge on any atom is 0.306 e. The van der Waals surface area contributed by atoms with Crippen LogP contribution >= 0.6 is 23.2 Å². The molecule has 2 aliphatic heterocycles. The second-order valence-electron chi connectivity index (χ2n) is 11.3. The number of fused-ring (bicyclic) bond motifs is 1. The van der Waals surface area contributed by atoms with Crippen LogP contribution < -0.4 is 0 Å². The Balaban J connectivity index is 1.62. The highest BCUT2D eigenvalue weighted by molar-refractivity contribution is 6.31. The number of hydrogen-bond donors (Lipinski definition) is 1. The number of rotatable bonds is 8. The normalized spacial score (nSPS) is 21.0. The smallest absolute Gasteiger partial charge is 0.306 e. The van der Waals surface area contributed by atoms with Crippen LogP contribution in [0.3, 0.4) is 0 Å². The zero-order valence-corrected chi connectivity index (χ0v) is 24.4. The van der Waals surface area contributed by atoms with Crippen molar-refractivity contribution in [3.8, 4) is 0 Å². The predicted octanol–water partition coefficient (Wildman–Crippen LogP) is 6.45. The van der Waals surface area contributed by atoms with E-state index in [1.54, 1.807) is 9.80 Å². The largest absolute Gasteiger partial charge is 0.481 e. The first-order chi connectivity index (χ1) is 18.6. The highest BCUT2D eigenvalue weighted by Gasteiger charge is 2.38. The first-order valence-corrected chi connectivity index (χ1v) is 14.7. The zero-order valence-electron chi connectivity index (χ0n) is 22.9. The van der Waals surface area contributed by atoms with Crippen molar-refractivity contribution in [2.24, 2.45) is 17.8 Å². The van der Waals surface area contributed by atoms with Crippen LogP contribution in [0.5, 0.6) is 0 Å². The van der Waals surface area contributed by atoms with Crippen molar-refractivity contribution < 1.29 is 19.5 Å². The molecule has 8 heteroatoms. The van der Waals surface area contributed by atoms with E-state index in [1.165, 1.54) is 0 Å². The molecule has 0 bridgehead atoms. The van der Waals surface area contributed by atoms with Crippen LogP contribution in [0.25, 0.3) is 0 Å². The quantitative estimate of drug-likeness (QED) is 0.394. The van der Waals surface area contributed by atoms with Crippen LogP contribution in [-0.4, -0.2) is 58.9 Å². The molecule has 3 atom stereocenters. The summed E-state index contributed by atoms with van der Waals surface area (Å²) in [4.78, 5) is 42.7. The van der Waals surface area contributed by atoms with Crippen molar-refractivity contribution in [1.29, 1.82) is 0 Å². The summed E-state index contributed by atoms with van der Waals surface area (Å²) in [6, 6.07) is 13.4. The Labute approximate surface area is 241 Å². The van der Waals surface area contributed by atoms with Gasteiger partial charge < -0.3 is 14.9 Å². The van der Waals surface area contributed by atoms with Crippen LogP contribution in [0.4, 0.5) is 0 Å². The molecule has 2 amide bonds. The van der Waals surface area contributed by atoms with Gasteiger partial charge in [-0.25, -0.2) is 0 Å². The summed E-state index contributed by atoms with van der Waals surface area (Å²) in [7, 11) is 0. The summed E-state index contributed by atoms with van der Waals surface area (Å²) in [5, 5.41) is 10.8. The minimum Gasteiger partial charge on any atom is -0.481 e. The van der Waals surface area contributed by atoms with Gasteiger partial charge in [0.1, 0.15) is 0 Å². The van der Waals surface area contributed by atoms with Gasteiger partial charge in [-0.15, -0.1) is 0 Å². The Morgan fingerprint density at radius 2 is 1.72 bits per heavy atom. The molecule has 2 aliphatic rings. The van der Waals surface area contributed by atoms with Gasteiger partial charge in [0.15, 0.2) is 0 Å². The Hall–Kier alpha value is -2.57. The molecule has 1 fully saturated rings. The molecular formula is C31H38Cl2N2O4. The standard InChI is InChI=1S/C31H38Cl2N2O4/c1-4-22(31(38)39)20-11-13-34(14-12-20)29(36)18-35-17-27(24-7-5-6-8-28(24)33)25-16-21(32)9-10-23(25)26(30(35)37)15-19(2)3/h5-10,16,19-20,22,26-27H,4,11-15,17-18H2,1-3H3,(H,38,39). The molecule has 0 aromatic heterocycles. The summed E-state index contributed by atoms with van der Waals surface area (Å²) in [6.07, 6.45) is 2.56. The lowest BCUT2D eigenvalue weighted by Crippen LogP contribution is -2.48. The molecule has 1 saturated heterocycles. The van der Waals surface area contributed by atoms with E-state index in [-0.39, 0.29) is 47.9 Å². The third-order valence-corrected chi connectivity index (χ3v) is 8.92. The van der Waals surface area contributed by atoms with E-state index >= 15 is 0 Å². The third kappa shape index (κ3) is 6.60. The lowest BCUT2D eigenvalue weighted by molar-refractivity contribution is -0.146. The average Bonchev–Trinajstić information content (AvgIpc) is 3.00. The molecule has 2 heterocycles. The number of likely N-dealkylation sites (tertiary alicyclic amines) is 1. The highest BCUT2D eigenvalue weighted by Crippen LogP contribution is 2.42. The summed E-state index contributed by atoms with van der Waals surface area (Å²) in [5.74, 6) is -1.58. The number of carboxylic acids is 1. The molecule has 0 radical (unpaired) electrons. The topological polar surface area (TPSA) is 77.9 Å². The number of halogens is 2. The molecule has 4 rings (SSSR count). The monoisotopic (exact) mass is 572 g/mol. The van der Waals surface area contributed by atoms with E-state index in [9.17, 15) is 19.5 Å². The first-order valence-electron chi connectivity index (χ1n) is 13.9. The lowest BCUT2D eigenvalue weighted by Gasteiger charge is -2.36. The molecular weight excluding hydrogens is 535 g/mol. The van der Waals surface area contributed by atoms with Gasteiger partial charge >= 0.3 is 5.97 Å². The minimum absolute atomic E-state index is 0.0170. The van der Waals surface area contributed by atoms with E-state index < -0.39 is 5.97 Å². The van der Waals surface area contributed by atoms with Gasteiger partial charge in [-0.2, -0.15) is 0 Å². The number of hydrogen-bond acceptors (Lipinski definition) is 3. The predicted molar refractivity (Wildman–Crippen MR) is 154 cm³/mol. The maximum atomic E-state index is 14.1. The number of aliphatic carboxylic acids is 1. The molecule has 1 N–H and O–H groups in total. The zero-order chi connectivity index (χ0) is 28.3. The van der Waals surface area contributed by atoms with Crippen LogP contribution in [0, 0.1) is 17.8 Å². The van der Waals surface area contributed by atoms with Crippen LogP contribution in [0.15, 0.2) is 42.5 Å². The molecule has 3 unspecified atom stereocenters. The summed E-state index contributed by atoms with van der Waals surface area (Å²) in [5.41, 5.74) is 2.82. The number of carbonyl (C=O) groups is 3. The van der Waals surface area contributed by atoms with Crippen LogP contribution in [0.2, 0.25) is 10.0 Å². The van der Waals surface area contributed by atoms with Gasteiger partial charge in [-0.3, -0.25) is 14.4 Å². The van der Waals surface area contributed by atoms with E-state index in [2.05, 4.69) is 13.8 Å². The molecule has 0 spiro atoms. The Morgan fingerprint density at radius 1 is 1.03 bits per heavy atom. The maximum absolute atomic E-state index is 14.1. The molecule has 0 aliphatic carbocycles. The summed E-state index contributed by atoms with van der Waals surface area (Å²) < 4.78 is 0. The Kier molecular flexibility index (Phi) is 9.60. The van der Waals surface area contributed by atoms with Crippen LogP contribution in [-0.2, 0) is 14.4 Å². The fourth-order valence-electron chi connectivity index (χ4n) is 6.32. The van der Waals surface area contributed by atoms with Crippen molar-refractivity contribution in [3.05, 3.63) is 69.2 Å². The number of carboxylic acid groups (broad SMARTS) is 1. The SMILES string of the molecule is CCC(C(=O)O)C1CCN(C(=O)CN2CC(c3ccccc3Cl)c3cc(Cl)ccc3C(CC(C)C)C2=O)CC1. The van der Waals surface area contributed by atoms with Gasteiger partial charge in [0.25, 0.3) is 0 Å². The van der Waals surface area contributed by atoms with E-state index in [4.69, 9.17) is 23.2 Å². The average molecular weight is 574 g/mol. The van der Waals surface area contributed by atoms with E-state index in [0.717, 1.165) is 16.7 Å². The van der Waals surface area contributed by atoms with Crippen molar-refractivity contribution in [2.75, 3.05) is 26.2 Å². The van der Waals surface area contributed by atoms with Crippen molar-refractivity contribution in [3.63, 3.8) is 0 Å².